The van der Waals surface area contributed by atoms with E-state index in [1.807, 2.05) is 0 Å². The number of hydrogen-bond donors (Lipinski definition) is 1. The van der Waals surface area contributed by atoms with E-state index in [-0.39, 0.29) is 0 Å². The van der Waals surface area contributed by atoms with E-state index in [1.54, 1.807) is 0 Å². The molecule has 0 amide bonds. The minimum Gasteiger partial charge on any atom is -0.310 e. The topological polar surface area (TPSA) is 15.3 Å². The van der Waals surface area contributed by atoms with Crippen LogP contribution in [0.15, 0.2) is 24.3 Å². The van der Waals surface area contributed by atoms with Crippen molar-refractivity contribution < 1.29 is 0 Å². The summed E-state index contributed by atoms with van der Waals surface area (Å²) < 4.78 is 0. The van der Waals surface area contributed by atoms with Crippen molar-refractivity contribution >= 4 is 0 Å². The van der Waals surface area contributed by atoms with Crippen molar-refractivity contribution in [1.82, 2.24) is 10.2 Å². The van der Waals surface area contributed by atoms with Gasteiger partial charge >= 0.3 is 0 Å². The summed E-state index contributed by atoms with van der Waals surface area (Å²) in [5, 5.41) is 3.63. The summed E-state index contributed by atoms with van der Waals surface area (Å²) in [5.74, 6) is 0. The summed E-state index contributed by atoms with van der Waals surface area (Å²) in [6, 6.07) is 9.41. The van der Waals surface area contributed by atoms with Crippen LogP contribution in [0.3, 0.4) is 0 Å². The summed E-state index contributed by atoms with van der Waals surface area (Å²) in [6.45, 7) is 2.20. The highest BCUT2D eigenvalue weighted by atomic mass is 15.0. The summed E-state index contributed by atoms with van der Waals surface area (Å²) in [4.78, 5) is 2.24. The van der Waals surface area contributed by atoms with Crippen molar-refractivity contribution in [3.05, 3.63) is 35.4 Å². The fourth-order valence-corrected chi connectivity index (χ4v) is 2.48. The van der Waals surface area contributed by atoms with Gasteiger partial charge < -0.3 is 10.2 Å². The van der Waals surface area contributed by atoms with Crippen LogP contribution in [0, 0.1) is 0 Å². The maximum absolute atomic E-state index is 3.63. The van der Waals surface area contributed by atoms with Crippen LogP contribution < -0.4 is 5.32 Å². The Morgan fingerprint density at radius 1 is 1.25 bits per heavy atom. The molecule has 2 heteroatoms. The fraction of sp³-hybridized carbons (Fsp3) is 0.571. The molecule has 0 saturated carbocycles. The molecule has 1 aliphatic heterocycles. The second-order valence-corrected chi connectivity index (χ2v) is 4.94. The Kier molecular flexibility index (Phi) is 3.97. The van der Waals surface area contributed by atoms with Gasteiger partial charge in [0.2, 0.25) is 0 Å². The van der Waals surface area contributed by atoms with Crippen LogP contribution in [0.25, 0.3) is 0 Å². The lowest BCUT2D eigenvalue weighted by atomic mass is 9.93. The lowest BCUT2D eigenvalue weighted by Gasteiger charge is -2.26. The monoisotopic (exact) mass is 218 g/mol. The molecular weight excluding hydrogens is 196 g/mol. The standard InChI is InChI=1S/C14H22N2/c1-16(2)11-12-7-3-4-8-13(12)14-9-5-6-10-15-14/h3-4,7-8,14-15H,5-6,9-11H2,1-2H3/t14-/m0/s1. The molecule has 1 aliphatic rings. The molecule has 0 aromatic heterocycles. The predicted molar refractivity (Wildman–Crippen MR) is 68.4 cm³/mol. The van der Waals surface area contributed by atoms with Crippen molar-refractivity contribution in [2.75, 3.05) is 20.6 Å². The zero-order chi connectivity index (χ0) is 11.4. The Morgan fingerprint density at radius 3 is 2.75 bits per heavy atom. The molecule has 16 heavy (non-hydrogen) atoms. The summed E-state index contributed by atoms with van der Waals surface area (Å²) in [7, 11) is 4.26. The molecule has 1 aromatic rings. The SMILES string of the molecule is CN(C)Cc1ccccc1[C@@H]1CCCCN1. The average molecular weight is 218 g/mol. The number of rotatable bonds is 3. The van der Waals surface area contributed by atoms with Gasteiger partial charge in [0, 0.05) is 12.6 Å². The minimum atomic E-state index is 0.574. The van der Waals surface area contributed by atoms with Gasteiger partial charge in [-0.3, -0.25) is 0 Å². The first-order valence-electron chi connectivity index (χ1n) is 6.23. The second kappa shape index (κ2) is 5.46. The second-order valence-electron chi connectivity index (χ2n) is 4.94. The third-order valence-corrected chi connectivity index (χ3v) is 3.23. The Balaban J connectivity index is 2.17. The largest absolute Gasteiger partial charge is 0.310 e. The third-order valence-electron chi connectivity index (χ3n) is 3.23. The van der Waals surface area contributed by atoms with Crippen molar-refractivity contribution in [2.45, 2.75) is 31.8 Å². The first-order chi connectivity index (χ1) is 7.77. The lowest BCUT2D eigenvalue weighted by Crippen LogP contribution is -2.28. The maximum atomic E-state index is 3.63. The van der Waals surface area contributed by atoms with E-state index < -0.39 is 0 Å². The molecular formula is C14H22N2. The van der Waals surface area contributed by atoms with E-state index in [4.69, 9.17) is 0 Å². The molecule has 1 heterocycles. The lowest BCUT2D eigenvalue weighted by molar-refractivity contribution is 0.383. The zero-order valence-electron chi connectivity index (χ0n) is 10.4. The molecule has 1 N–H and O–H groups in total. The van der Waals surface area contributed by atoms with E-state index in [0.717, 1.165) is 6.54 Å². The highest BCUT2D eigenvalue weighted by Gasteiger charge is 2.17. The van der Waals surface area contributed by atoms with Gasteiger partial charge in [-0.15, -0.1) is 0 Å². The number of nitrogens with one attached hydrogen (secondary N) is 1. The molecule has 1 fully saturated rings. The highest BCUT2D eigenvalue weighted by molar-refractivity contribution is 5.30. The molecule has 1 atom stereocenters. The Labute approximate surface area is 98.7 Å². The average Bonchev–Trinajstić information content (AvgIpc) is 2.30. The van der Waals surface area contributed by atoms with Gasteiger partial charge in [0.05, 0.1) is 0 Å². The predicted octanol–water partition coefficient (Wildman–Crippen LogP) is 2.56. The minimum absolute atomic E-state index is 0.574. The molecule has 2 nitrogen and oxygen atoms in total. The van der Waals surface area contributed by atoms with E-state index >= 15 is 0 Å². The molecule has 1 aromatic carbocycles. The van der Waals surface area contributed by atoms with Crippen LogP contribution >= 0.6 is 0 Å². The molecule has 0 unspecified atom stereocenters. The van der Waals surface area contributed by atoms with Gasteiger partial charge in [0.15, 0.2) is 0 Å². The van der Waals surface area contributed by atoms with Crippen LogP contribution in [0.4, 0.5) is 0 Å². The van der Waals surface area contributed by atoms with E-state index in [9.17, 15) is 0 Å². The van der Waals surface area contributed by atoms with Crippen molar-refractivity contribution in [2.24, 2.45) is 0 Å². The first-order valence-corrected chi connectivity index (χ1v) is 6.23. The van der Waals surface area contributed by atoms with Crippen molar-refractivity contribution in [3.8, 4) is 0 Å². The molecule has 0 aliphatic carbocycles. The maximum Gasteiger partial charge on any atom is 0.0323 e. The molecule has 88 valence electrons. The molecule has 2 rings (SSSR count). The summed E-state index contributed by atoms with van der Waals surface area (Å²) >= 11 is 0. The number of benzene rings is 1. The van der Waals surface area contributed by atoms with E-state index in [2.05, 4.69) is 48.6 Å². The molecule has 0 spiro atoms. The summed E-state index contributed by atoms with van der Waals surface area (Å²) in [5.41, 5.74) is 2.96. The van der Waals surface area contributed by atoms with Gasteiger partial charge in [-0.1, -0.05) is 30.7 Å². The van der Waals surface area contributed by atoms with Crippen molar-refractivity contribution in [3.63, 3.8) is 0 Å². The Morgan fingerprint density at radius 2 is 2.06 bits per heavy atom. The zero-order valence-corrected chi connectivity index (χ0v) is 10.4. The van der Waals surface area contributed by atoms with E-state index in [0.29, 0.717) is 6.04 Å². The number of piperidine rings is 1. The molecule has 1 saturated heterocycles. The first kappa shape index (κ1) is 11.6. The Bertz CT molecular complexity index is 327. The van der Waals surface area contributed by atoms with Gasteiger partial charge in [-0.25, -0.2) is 0 Å². The van der Waals surface area contributed by atoms with Crippen LogP contribution in [0.5, 0.6) is 0 Å². The summed E-state index contributed by atoms with van der Waals surface area (Å²) in [6.07, 6.45) is 3.96. The van der Waals surface area contributed by atoms with Gasteiger partial charge in [-0.2, -0.15) is 0 Å². The smallest absolute Gasteiger partial charge is 0.0323 e. The van der Waals surface area contributed by atoms with Crippen LogP contribution in [-0.4, -0.2) is 25.5 Å². The van der Waals surface area contributed by atoms with E-state index in [1.165, 1.54) is 36.9 Å². The quantitative estimate of drug-likeness (QED) is 0.839. The van der Waals surface area contributed by atoms with Crippen LogP contribution in [0.1, 0.15) is 36.4 Å². The highest BCUT2D eigenvalue weighted by Crippen LogP contribution is 2.26. The van der Waals surface area contributed by atoms with Crippen LogP contribution in [0.2, 0.25) is 0 Å². The third kappa shape index (κ3) is 2.83. The number of nitrogens with zero attached hydrogens (tertiary/aromatic N) is 1. The Hall–Kier alpha value is -0.860. The molecule has 0 radical (unpaired) electrons. The van der Waals surface area contributed by atoms with Gasteiger partial charge in [0.25, 0.3) is 0 Å². The normalized spacial score (nSPS) is 21.3. The van der Waals surface area contributed by atoms with Crippen LogP contribution in [-0.2, 0) is 6.54 Å². The van der Waals surface area contributed by atoms with Gasteiger partial charge in [0.1, 0.15) is 0 Å². The fourth-order valence-electron chi connectivity index (χ4n) is 2.48. The molecule has 0 bridgehead atoms. The van der Waals surface area contributed by atoms with Crippen molar-refractivity contribution in [1.29, 1.82) is 0 Å². The van der Waals surface area contributed by atoms with Gasteiger partial charge in [-0.05, 0) is 44.6 Å². The number of hydrogen-bond acceptors (Lipinski definition) is 2.